The molecule has 0 spiro atoms. The Morgan fingerprint density at radius 3 is 2.44 bits per heavy atom. The van der Waals surface area contributed by atoms with Gasteiger partial charge in [0.2, 0.25) is 0 Å². The molecule has 3 heteroatoms. The minimum atomic E-state index is 0.257. The van der Waals surface area contributed by atoms with Crippen molar-refractivity contribution >= 4 is 0 Å². The van der Waals surface area contributed by atoms with Gasteiger partial charge in [-0.05, 0) is 31.4 Å². The number of rotatable bonds is 6. The molecule has 3 rings (SSSR count). The van der Waals surface area contributed by atoms with Gasteiger partial charge in [-0.2, -0.15) is 0 Å². The summed E-state index contributed by atoms with van der Waals surface area (Å²) in [4.78, 5) is 5.06. The van der Waals surface area contributed by atoms with Gasteiger partial charge in [0.25, 0.3) is 0 Å². The highest BCUT2D eigenvalue weighted by molar-refractivity contribution is 5.23. The second-order valence-electron chi connectivity index (χ2n) is 7.35. The van der Waals surface area contributed by atoms with E-state index < -0.39 is 0 Å². The fourth-order valence-corrected chi connectivity index (χ4v) is 3.73. The third-order valence-electron chi connectivity index (χ3n) is 5.15. The van der Waals surface area contributed by atoms with Crippen molar-refractivity contribution in [2.75, 3.05) is 26.2 Å². The molecule has 25 heavy (non-hydrogen) atoms. The molecule has 1 unspecified atom stereocenters. The molecule has 0 amide bonds. The summed E-state index contributed by atoms with van der Waals surface area (Å²) in [6.45, 7) is 9.69. The van der Waals surface area contributed by atoms with E-state index in [0.717, 1.165) is 39.1 Å². The molecule has 0 aromatic heterocycles. The van der Waals surface area contributed by atoms with Crippen LogP contribution in [0.25, 0.3) is 0 Å². The zero-order chi connectivity index (χ0) is 17.6. The van der Waals surface area contributed by atoms with Crippen LogP contribution in [0.15, 0.2) is 48.5 Å². The Morgan fingerprint density at radius 2 is 1.72 bits per heavy atom. The van der Waals surface area contributed by atoms with E-state index in [0.29, 0.717) is 6.04 Å². The fourth-order valence-electron chi connectivity index (χ4n) is 3.73. The normalized spacial score (nSPS) is 19.2. The van der Waals surface area contributed by atoms with Gasteiger partial charge in [0.05, 0.1) is 0 Å². The van der Waals surface area contributed by atoms with E-state index in [1.807, 2.05) is 0 Å². The topological polar surface area (TPSA) is 26.7 Å². The number of aryl methyl sites for hydroxylation is 2. The van der Waals surface area contributed by atoms with Crippen molar-refractivity contribution < 1.29 is 5.11 Å². The molecule has 1 N–H and O–H groups in total. The molecule has 134 valence electrons. The fraction of sp³-hybridized carbons (Fsp3) is 0.455. The van der Waals surface area contributed by atoms with Gasteiger partial charge >= 0.3 is 0 Å². The molecule has 2 aromatic rings. The second kappa shape index (κ2) is 8.61. The van der Waals surface area contributed by atoms with Crippen LogP contribution < -0.4 is 0 Å². The number of nitrogens with zero attached hydrogens (tertiary/aromatic N) is 2. The van der Waals surface area contributed by atoms with Gasteiger partial charge in [0, 0.05) is 45.4 Å². The molecule has 0 radical (unpaired) electrons. The van der Waals surface area contributed by atoms with Gasteiger partial charge in [-0.3, -0.25) is 9.80 Å². The minimum Gasteiger partial charge on any atom is -0.396 e. The quantitative estimate of drug-likeness (QED) is 0.875. The summed E-state index contributed by atoms with van der Waals surface area (Å²) in [5.74, 6) is 0. The first kappa shape index (κ1) is 18.1. The molecule has 1 fully saturated rings. The number of hydrogen-bond donors (Lipinski definition) is 1. The van der Waals surface area contributed by atoms with Crippen molar-refractivity contribution in [1.82, 2.24) is 9.80 Å². The lowest BCUT2D eigenvalue weighted by molar-refractivity contribution is 0.0500. The molecule has 0 saturated carbocycles. The molecule has 3 nitrogen and oxygen atoms in total. The molecular weight excluding hydrogens is 308 g/mol. The molecule has 1 saturated heterocycles. The van der Waals surface area contributed by atoms with E-state index in [4.69, 9.17) is 0 Å². The summed E-state index contributed by atoms with van der Waals surface area (Å²) in [5.41, 5.74) is 5.37. The first-order chi connectivity index (χ1) is 12.1. The number of hydrogen-bond acceptors (Lipinski definition) is 3. The van der Waals surface area contributed by atoms with Crippen LogP contribution in [0, 0.1) is 13.8 Å². The lowest BCUT2D eigenvalue weighted by atomic mass is 10.0. The Balaban J connectivity index is 1.62. The van der Waals surface area contributed by atoms with Crippen molar-refractivity contribution in [3.05, 3.63) is 70.8 Å². The van der Waals surface area contributed by atoms with Crippen molar-refractivity contribution in [2.24, 2.45) is 0 Å². The minimum absolute atomic E-state index is 0.257. The summed E-state index contributed by atoms with van der Waals surface area (Å²) in [6, 6.07) is 18.0. The van der Waals surface area contributed by atoms with Crippen LogP contribution in [0.4, 0.5) is 0 Å². The lowest BCUT2D eigenvalue weighted by Crippen LogP contribution is -2.52. The van der Waals surface area contributed by atoms with Gasteiger partial charge in [0.15, 0.2) is 0 Å². The Morgan fingerprint density at radius 1 is 0.920 bits per heavy atom. The number of aliphatic hydroxyl groups excluding tert-OH is 1. The van der Waals surface area contributed by atoms with E-state index in [1.54, 1.807) is 0 Å². The number of aliphatic hydroxyl groups is 1. The standard InChI is InChI=1S/C22H30N2O/c1-18-6-8-20(9-7-18)16-24-12-11-23(17-22(24)10-13-25)15-21-5-3-4-19(2)14-21/h3-9,14,22,25H,10-13,15-17H2,1-2H3. The first-order valence-electron chi connectivity index (χ1n) is 9.32. The zero-order valence-electron chi connectivity index (χ0n) is 15.5. The maximum Gasteiger partial charge on any atom is 0.0446 e. The van der Waals surface area contributed by atoms with Crippen LogP contribution in [-0.4, -0.2) is 47.2 Å². The SMILES string of the molecule is Cc1ccc(CN2CCN(Cc3cccc(C)c3)CC2CCO)cc1. The van der Waals surface area contributed by atoms with Gasteiger partial charge in [0.1, 0.15) is 0 Å². The Hall–Kier alpha value is -1.68. The number of benzene rings is 2. The van der Waals surface area contributed by atoms with E-state index in [2.05, 4.69) is 72.2 Å². The van der Waals surface area contributed by atoms with Crippen LogP contribution in [0.2, 0.25) is 0 Å². The van der Waals surface area contributed by atoms with Crippen LogP contribution >= 0.6 is 0 Å². The maximum atomic E-state index is 9.51. The Bertz CT molecular complexity index is 668. The van der Waals surface area contributed by atoms with Crippen LogP contribution in [0.1, 0.15) is 28.7 Å². The van der Waals surface area contributed by atoms with Crippen LogP contribution in [-0.2, 0) is 13.1 Å². The second-order valence-corrected chi connectivity index (χ2v) is 7.35. The number of piperazine rings is 1. The molecule has 0 bridgehead atoms. The maximum absolute atomic E-state index is 9.51. The van der Waals surface area contributed by atoms with Crippen molar-refractivity contribution in [3.63, 3.8) is 0 Å². The highest BCUT2D eigenvalue weighted by Gasteiger charge is 2.26. The molecule has 0 aliphatic carbocycles. The third-order valence-corrected chi connectivity index (χ3v) is 5.15. The van der Waals surface area contributed by atoms with Crippen molar-refractivity contribution in [3.8, 4) is 0 Å². The summed E-state index contributed by atoms with van der Waals surface area (Å²) in [5, 5.41) is 9.51. The molecule has 1 aliphatic rings. The summed E-state index contributed by atoms with van der Waals surface area (Å²) in [7, 11) is 0. The highest BCUT2D eigenvalue weighted by Crippen LogP contribution is 2.19. The van der Waals surface area contributed by atoms with Gasteiger partial charge in [-0.1, -0.05) is 59.7 Å². The first-order valence-corrected chi connectivity index (χ1v) is 9.32. The predicted octanol–water partition coefficient (Wildman–Crippen LogP) is 3.37. The zero-order valence-corrected chi connectivity index (χ0v) is 15.5. The highest BCUT2D eigenvalue weighted by atomic mass is 16.3. The third kappa shape index (κ3) is 5.15. The Labute approximate surface area is 151 Å². The predicted molar refractivity (Wildman–Crippen MR) is 104 cm³/mol. The molecule has 1 aliphatic heterocycles. The largest absolute Gasteiger partial charge is 0.396 e. The van der Waals surface area contributed by atoms with E-state index in [1.165, 1.54) is 22.3 Å². The van der Waals surface area contributed by atoms with Gasteiger partial charge in [-0.15, -0.1) is 0 Å². The average Bonchev–Trinajstić information content (AvgIpc) is 2.59. The van der Waals surface area contributed by atoms with E-state index in [-0.39, 0.29) is 6.61 Å². The van der Waals surface area contributed by atoms with Crippen LogP contribution in [0.5, 0.6) is 0 Å². The van der Waals surface area contributed by atoms with Gasteiger partial charge in [-0.25, -0.2) is 0 Å². The average molecular weight is 338 g/mol. The summed E-state index contributed by atoms with van der Waals surface area (Å²) in [6.07, 6.45) is 0.843. The summed E-state index contributed by atoms with van der Waals surface area (Å²) < 4.78 is 0. The van der Waals surface area contributed by atoms with Crippen molar-refractivity contribution in [1.29, 1.82) is 0 Å². The summed E-state index contributed by atoms with van der Waals surface area (Å²) >= 11 is 0. The smallest absolute Gasteiger partial charge is 0.0446 e. The molecular formula is C22H30N2O. The molecule has 1 atom stereocenters. The lowest BCUT2D eigenvalue weighted by Gasteiger charge is -2.41. The van der Waals surface area contributed by atoms with Crippen LogP contribution in [0.3, 0.4) is 0 Å². The van der Waals surface area contributed by atoms with Crippen molar-refractivity contribution in [2.45, 2.75) is 39.4 Å². The monoisotopic (exact) mass is 338 g/mol. The van der Waals surface area contributed by atoms with E-state index >= 15 is 0 Å². The van der Waals surface area contributed by atoms with E-state index in [9.17, 15) is 5.11 Å². The molecule has 2 aromatic carbocycles. The molecule has 1 heterocycles. The van der Waals surface area contributed by atoms with Gasteiger partial charge < -0.3 is 5.11 Å². The Kier molecular flexibility index (Phi) is 6.24.